The van der Waals surface area contributed by atoms with Crippen molar-refractivity contribution in [1.82, 2.24) is 0 Å². The van der Waals surface area contributed by atoms with Gasteiger partial charge in [0.05, 0.1) is 0 Å². The van der Waals surface area contributed by atoms with Gasteiger partial charge in [0, 0.05) is 29.3 Å². The molecule has 88 valence electrons. The molecule has 16 heavy (non-hydrogen) atoms. The summed E-state index contributed by atoms with van der Waals surface area (Å²) >= 11 is 12.1. The van der Waals surface area contributed by atoms with Gasteiger partial charge < -0.3 is 10.5 Å². The zero-order chi connectivity index (χ0) is 11.5. The topological polar surface area (TPSA) is 35.2 Å². The zero-order valence-corrected chi connectivity index (χ0v) is 10.5. The van der Waals surface area contributed by atoms with Gasteiger partial charge in [-0.05, 0) is 42.5 Å². The van der Waals surface area contributed by atoms with Crippen LogP contribution < -0.4 is 5.73 Å². The number of hydrogen-bond donors (Lipinski definition) is 1. The second-order valence-corrected chi connectivity index (χ2v) is 4.99. The normalized spacial score (nSPS) is 19.7. The Morgan fingerprint density at radius 1 is 1.25 bits per heavy atom. The smallest absolute Gasteiger partial charge is 0.0469 e. The lowest BCUT2D eigenvalue weighted by Gasteiger charge is -2.28. The third kappa shape index (κ3) is 2.69. The Morgan fingerprint density at radius 3 is 2.62 bits per heavy atom. The number of rotatable bonds is 2. The molecule has 2 N–H and O–H groups in total. The third-order valence-electron chi connectivity index (χ3n) is 3.09. The summed E-state index contributed by atoms with van der Waals surface area (Å²) in [6.07, 6.45) is 1.98. The summed E-state index contributed by atoms with van der Waals surface area (Å²) in [5.74, 6) is 0.435. The molecule has 0 amide bonds. The first-order valence-electron chi connectivity index (χ1n) is 5.47. The SMILES string of the molecule is N[C@@H](c1cc(Cl)ccc1Cl)C1CCOCC1. The van der Waals surface area contributed by atoms with Gasteiger partial charge in [-0.25, -0.2) is 0 Å². The Labute approximate surface area is 106 Å². The third-order valence-corrected chi connectivity index (χ3v) is 3.67. The molecule has 4 heteroatoms. The molecule has 1 atom stereocenters. The Hall–Kier alpha value is -0.280. The van der Waals surface area contributed by atoms with Crippen molar-refractivity contribution in [2.75, 3.05) is 13.2 Å². The van der Waals surface area contributed by atoms with Gasteiger partial charge >= 0.3 is 0 Å². The fraction of sp³-hybridized carbons (Fsp3) is 0.500. The van der Waals surface area contributed by atoms with Crippen molar-refractivity contribution in [3.63, 3.8) is 0 Å². The van der Waals surface area contributed by atoms with E-state index in [9.17, 15) is 0 Å². The first kappa shape index (κ1) is 12.2. The van der Waals surface area contributed by atoms with E-state index in [4.69, 9.17) is 33.7 Å². The fourth-order valence-electron chi connectivity index (χ4n) is 2.10. The standard InChI is InChI=1S/C12H15Cl2NO/c13-9-1-2-11(14)10(7-9)12(15)8-3-5-16-6-4-8/h1-2,7-8,12H,3-6,15H2/t12-/m1/s1. The van der Waals surface area contributed by atoms with E-state index in [1.807, 2.05) is 6.07 Å². The van der Waals surface area contributed by atoms with Crippen LogP contribution in [0, 0.1) is 5.92 Å². The number of ether oxygens (including phenoxy) is 1. The lowest BCUT2D eigenvalue weighted by atomic mass is 9.88. The van der Waals surface area contributed by atoms with Crippen LogP contribution in [0.15, 0.2) is 18.2 Å². The molecule has 0 bridgehead atoms. The van der Waals surface area contributed by atoms with Crippen molar-refractivity contribution >= 4 is 23.2 Å². The highest BCUT2D eigenvalue weighted by molar-refractivity contribution is 6.33. The van der Waals surface area contributed by atoms with Crippen molar-refractivity contribution in [3.05, 3.63) is 33.8 Å². The van der Waals surface area contributed by atoms with E-state index in [2.05, 4.69) is 0 Å². The van der Waals surface area contributed by atoms with Crippen LogP contribution >= 0.6 is 23.2 Å². The Bertz CT molecular complexity index is 364. The van der Waals surface area contributed by atoms with E-state index in [0.717, 1.165) is 31.6 Å². The fourth-order valence-corrected chi connectivity index (χ4v) is 2.52. The van der Waals surface area contributed by atoms with E-state index in [-0.39, 0.29) is 6.04 Å². The van der Waals surface area contributed by atoms with Gasteiger partial charge in [0.15, 0.2) is 0 Å². The van der Waals surface area contributed by atoms with Crippen LogP contribution in [-0.2, 0) is 4.74 Å². The van der Waals surface area contributed by atoms with Gasteiger partial charge in [0.1, 0.15) is 0 Å². The van der Waals surface area contributed by atoms with Crippen LogP contribution in [0.3, 0.4) is 0 Å². The maximum atomic E-state index is 6.24. The molecule has 0 unspecified atom stereocenters. The van der Waals surface area contributed by atoms with Crippen molar-refractivity contribution in [1.29, 1.82) is 0 Å². The molecule has 2 nitrogen and oxygen atoms in total. The van der Waals surface area contributed by atoms with Crippen LogP contribution in [-0.4, -0.2) is 13.2 Å². The molecule has 1 saturated heterocycles. The highest BCUT2D eigenvalue weighted by atomic mass is 35.5. The van der Waals surface area contributed by atoms with Gasteiger partial charge in [-0.2, -0.15) is 0 Å². The summed E-state index contributed by atoms with van der Waals surface area (Å²) in [6.45, 7) is 1.58. The van der Waals surface area contributed by atoms with E-state index in [1.54, 1.807) is 12.1 Å². The first-order chi connectivity index (χ1) is 7.68. The average Bonchev–Trinajstić information content (AvgIpc) is 2.32. The van der Waals surface area contributed by atoms with Crippen molar-refractivity contribution < 1.29 is 4.74 Å². The second kappa shape index (κ2) is 5.37. The van der Waals surface area contributed by atoms with E-state index < -0.39 is 0 Å². The van der Waals surface area contributed by atoms with Gasteiger partial charge in [-0.1, -0.05) is 23.2 Å². The molecular weight excluding hydrogens is 245 g/mol. The molecule has 1 aromatic carbocycles. The van der Waals surface area contributed by atoms with Gasteiger partial charge in [-0.15, -0.1) is 0 Å². The summed E-state index contributed by atoms with van der Waals surface area (Å²) in [7, 11) is 0. The molecule has 1 aromatic rings. The molecule has 1 fully saturated rings. The Balaban J connectivity index is 2.18. The molecule has 0 saturated carbocycles. The number of hydrogen-bond acceptors (Lipinski definition) is 2. The maximum Gasteiger partial charge on any atom is 0.0469 e. The predicted molar refractivity (Wildman–Crippen MR) is 66.9 cm³/mol. The Kier molecular flexibility index (Phi) is 4.09. The quantitative estimate of drug-likeness (QED) is 0.884. The highest BCUT2D eigenvalue weighted by Gasteiger charge is 2.23. The monoisotopic (exact) mass is 259 g/mol. The summed E-state index contributed by atoms with van der Waals surface area (Å²) in [4.78, 5) is 0. The lowest BCUT2D eigenvalue weighted by Crippen LogP contribution is -2.27. The van der Waals surface area contributed by atoms with Crippen molar-refractivity contribution in [2.24, 2.45) is 11.7 Å². The van der Waals surface area contributed by atoms with Crippen molar-refractivity contribution in [3.8, 4) is 0 Å². The number of nitrogens with two attached hydrogens (primary N) is 1. The van der Waals surface area contributed by atoms with Crippen LogP contribution in [0.25, 0.3) is 0 Å². The van der Waals surface area contributed by atoms with Crippen LogP contribution in [0.2, 0.25) is 10.0 Å². The minimum atomic E-state index is -0.0462. The lowest BCUT2D eigenvalue weighted by molar-refractivity contribution is 0.0584. The molecule has 0 aliphatic carbocycles. The summed E-state index contributed by atoms with van der Waals surface area (Å²) in [5.41, 5.74) is 7.19. The second-order valence-electron chi connectivity index (χ2n) is 4.14. The molecule has 0 aromatic heterocycles. The molecule has 0 radical (unpaired) electrons. The van der Waals surface area contributed by atoms with Gasteiger partial charge in [0.2, 0.25) is 0 Å². The highest BCUT2D eigenvalue weighted by Crippen LogP contribution is 2.33. The summed E-state index contributed by atoms with van der Waals surface area (Å²) < 4.78 is 5.33. The summed E-state index contributed by atoms with van der Waals surface area (Å²) in [5, 5.41) is 1.38. The van der Waals surface area contributed by atoms with Crippen LogP contribution in [0.5, 0.6) is 0 Å². The molecule has 0 spiro atoms. The molecule has 1 aliphatic rings. The van der Waals surface area contributed by atoms with Crippen molar-refractivity contribution in [2.45, 2.75) is 18.9 Å². The molecule has 1 aliphatic heterocycles. The summed E-state index contributed by atoms with van der Waals surface area (Å²) in [6, 6.07) is 5.40. The minimum absolute atomic E-state index is 0.0462. The maximum absolute atomic E-state index is 6.24. The van der Waals surface area contributed by atoms with E-state index >= 15 is 0 Å². The van der Waals surface area contributed by atoms with E-state index in [1.165, 1.54) is 0 Å². The number of halogens is 2. The molecule has 2 rings (SSSR count). The van der Waals surface area contributed by atoms with Crippen LogP contribution in [0.4, 0.5) is 0 Å². The zero-order valence-electron chi connectivity index (χ0n) is 8.96. The van der Waals surface area contributed by atoms with Gasteiger partial charge in [-0.3, -0.25) is 0 Å². The van der Waals surface area contributed by atoms with Crippen LogP contribution in [0.1, 0.15) is 24.4 Å². The number of benzene rings is 1. The molecule has 1 heterocycles. The Morgan fingerprint density at radius 2 is 1.94 bits per heavy atom. The first-order valence-corrected chi connectivity index (χ1v) is 6.22. The van der Waals surface area contributed by atoms with Gasteiger partial charge in [0.25, 0.3) is 0 Å². The van der Waals surface area contributed by atoms with E-state index in [0.29, 0.717) is 16.0 Å². The molecular formula is C12H15Cl2NO. The minimum Gasteiger partial charge on any atom is -0.381 e. The average molecular weight is 260 g/mol. The largest absolute Gasteiger partial charge is 0.381 e. The predicted octanol–water partition coefficient (Wildman–Crippen LogP) is 3.42.